The average molecular weight is 506 g/mol. The molecule has 0 spiro atoms. The third kappa shape index (κ3) is 6.63. The minimum absolute atomic E-state index is 0.0353. The van der Waals surface area contributed by atoms with Crippen LogP contribution in [0, 0.1) is 12.8 Å². The van der Waals surface area contributed by atoms with Crippen LogP contribution < -0.4 is 10.6 Å². The number of carbonyl (C=O) groups is 3. The topological polar surface area (TPSA) is 87.7 Å². The van der Waals surface area contributed by atoms with Crippen molar-refractivity contribution in [3.63, 3.8) is 0 Å². The summed E-state index contributed by atoms with van der Waals surface area (Å²) in [5.74, 6) is -1.22. The monoisotopic (exact) mass is 505 g/mol. The van der Waals surface area contributed by atoms with Crippen molar-refractivity contribution in [2.45, 2.75) is 45.6 Å². The van der Waals surface area contributed by atoms with E-state index in [1.54, 1.807) is 26.0 Å². The summed E-state index contributed by atoms with van der Waals surface area (Å²) < 4.78 is 44.4. The van der Waals surface area contributed by atoms with Gasteiger partial charge < -0.3 is 20.3 Å². The number of rotatable bonds is 7. The van der Waals surface area contributed by atoms with Gasteiger partial charge in [0.1, 0.15) is 18.7 Å². The summed E-state index contributed by atoms with van der Waals surface area (Å²) in [6.07, 6.45) is -5.28. The highest BCUT2D eigenvalue weighted by atomic mass is 19.4. The molecule has 1 aliphatic heterocycles. The fourth-order valence-corrected chi connectivity index (χ4v) is 4.08. The first-order chi connectivity index (χ1) is 17.0. The molecule has 0 radical (unpaired) electrons. The molecule has 3 rings (SSSR count). The van der Waals surface area contributed by atoms with Crippen LogP contribution in [0.4, 0.5) is 18.0 Å². The van der Waals surface area contributed by atoms with Crippen LogP contribution in [0.1, 0.15) is 40.9 Å². The number of ketones is 1. The lowest BCUT2D eigenvalue weighted by Gasteiger charge is -2.38. The Hall–Kier alpha value is -3.40. The van der Waals surface area contributed by atoms with Crippen LogP contribution >= 0.6 is 0 Å². The van der Waals surface area contributed by atoms with Gasteiger partial charge in [-0.3, -0.25) is 9.59 Å². The summed E-state index contributed by atoms with van der Waals surface area (Å²) in [6.45, 7) is 5.79. The second kappa shape index (κ2) is 11.6. The number of amides is 2. The van der Waals surface area contributed by atoms with Gasteiger partial charge in [-0.2, -0.15) is 13.2 Å². The normalized spacial score (nSPS) is 17.0. The molecule has 0 aromatic heterocycles. The minimum Gasteiger partial charge on any atom is -0.445 e. The highest BCUT2D eigenvalue weighted by Gasteiger charge is 2.38. The van der Waals surface area contributed by atoms with Crippen molar-refractivity contribution < 1.29 is 32.3 Å². The van der Waals surface area contributed by atoms with E-state index in [1.807, 2.05) is 18.2 Å². The number of aryl methyl sites for hydroxylation is 1. The highest BCUT2D eigenvalue weighted by molar-refractivity contribution is 6.04. The van der Waals surface area contributed by atoms with Gasteiger partial charge in [0.25, 0.3) is 0 Å². The standard InChI is InChI=1S/C26H30F3N3O4/c1-16(2)22(31-25(35)36-15-18-7-5-4-6-8-18)24(34)32-12-11-30-14-21(32)23(33)20-10-9-19(13-17(20)3)26(27,28)29/h4-10,13,16,21-22,30H,11-12,14-15H2,1-3H3,(H,31,35)/t21-,22+/m1/s1. The Balaban J connectivity index is 1.75. The van der Waals surface area contributed by atoms with Crippen LogP contribution in [0.3, 0.4) is 0 Å². The lowest BCUT2D eigenvalue weighted by molar-refractivity contribution is -0.137. The van der Waals surface area contributed by atoms with Crippen molar-refractivity contribution in [2.24, 2.45) is 5.92 Å². The van der Waals surface area contributed by atoms with Gasteiger partial charge in [-0.15, -0.1) is 0 Å². The number of ether oxygens (including phenoxy) is 1. The molecule has 1 aliphatic rings. The predicted molar refractivity (Wildman–Crippen MR) is 127 cm³/mol. The first kappa shape index (κ1) is 27.2. The fraction of sp³-hybridized carbons (Fsp3) is 0.423. The Kier molecular flexibility index (Phi) is 8.73. The lowest BCUT2D eigenvalue weighted by Crippen LogP contribution is -2.62. The van der Waals surface area contributed by atoms with Crippen LogP contribution in [0.2, 0.25) is 0 Å². The second-order valence-corrected chi connectivity index (χ2v) is 9.07. The minimum atomic E-state index is -4.52. The summed E-state index contributed by atoms with van der Waals surface area (Å²) in [6, 6.07) is 10.2. The second-order valence-electron chi connectivity index (χ2n) is 9.07. The number of hydrogen-bond acceptors (Lipinski definition) is 5. The van der Waals surface area contributed by atoms with E-state index in [9.17, 15) is 27.6 Å². The van der Waals surface area contributed by atoms with Crippen molar-refractivity contribution in [3.05, 3.63) is 70.8 Å². The molecule has 194 valence electrons. The van der Waals surface area contributed by atoms with Gasteiger partial charge in [-0.25, -0.2) is 4.79 Å². The Morgan fingerprint density at radius 2 is 1.83 bits per heavy atom. The van der Waals surface area contributed by atoms with Crippen molar-refractivity contribution in [3.8, 4) is 0 Å². The third-order valence-corrected chi connectivity index (χ3v) is 6.07. The van der Waals surface area contributed by atoms with E-state index in [1.165, 1.54) is 11.8 Å². The maximum atomic E-state index is 13.5. The Morgan fingerprint density at radius 1 is 1.14 bits per heavy atom. The molecule has 0 bridgehead atoms. The van der Waals surface area contributed by atoms with Crippen LogP contribution in [0.25, 0.3) is 0 Å². The van der Waals surface area contributed by atoms with Crippen molar-refractivity contribution in [1.29, 1.82) is 0 Å². The van der Waals surface area contributed by atoms with Crippen molar-refractivity contribution in [1.82, 2.24) is 15.5 Å². The lowest BCUT2D eigenvalue weighted by atomic mass is 9.94. The molecule has 0 unspecified atom stereocenters. The van der Waals surface area contributed by atoms with Gasteiger partial charge in [0.2, 0.25) is 5.91 Å². The van der Waals surface area contributed by atoms with Crippen LogP contribution in [0.15, 0.2) is 48.5 Å². The number of piperazine rings is 1. The zero-order valence-electron chi connectivity index (χ0n) is 20.4. The molecular weight excluding hydrogens is 475 g/mol. The molecule has 1 heterocycles. The summed E-state index contributed by atoms with van der Waals surface area (Å²) in [7, 11) is 0. The van der Waals surface area contributed by atoms with Gasteiger partial charge in [0.05, 0.1) is 5.56 Å². The first-order valence-electron chi connectivity index (χ1n) is 11.7. The number of halogens is 3. The van der Waals surface area contributed by atoms with E-state index in [-0.39, 0.29) is 36.7 Å². The van der Waals surface area contributed by atoms with Crippen molar-refractivity contribution >= 4 is 17.8 Å². The van der Waals surface area contributed by atoms with E-state index in [2.05, 4.69) is 10.6 Å². The summed E-state index contributed by atoms with van der Waals surface area (Å²) in [4.78, 5) is 40.7. The Labute approximate surface area is 208 Å². The zero-order chi connectivity index (χ0) is 26.5. The van der Waals surface area contributed by atoms with E-state index < -0.39 is 41.6 Å². The number of nitrogens with one attached hydrogen (secondary N) is 2. The predicted octanol–water partition coefficient (Wildman–Crippen LogP) is 3.95. The van der Waals surface area contributed by atoms with Gasteiger partial charge in [-0.1, -0.05) is 50.2 Å². The maximum Gasteiger partial charge on any atom is 0.416 e. The molecule has 2 N–H and O–H groups in total. The quantitative estimate of drug-likeness (QED) is 0.557. The number of alkyl halides is 3. The number of benzene rings is 2. The van der Waals surface area contributed by atoms with Crippen molar-refractivity contribution in [2.75, 3.05) is 19.6 Å². The van der Waals surface area contributed by atoms with E-state index in [0.29, 0.717) is 6.54 Å². The molecule has 36 heavy (non-hydrogen) atoms. The number of hydrogen-bond donors (Lipinski definition) is 2. The van der Waals surface area contributed by atoms with Gasteiger partial charge in [0, 0.05) is 25.2 Å². The van der Waals surface area contributed by atoms with E-state index in [4.69, 9.17) is 4.74 Å². The molecule has 2 aromatic carbocycles. The molecule has 2 amide bonds. The molecule has 1 saturated heterocycles. The molecule has 7 nitrogen and oxygen atoms in total. The maximum absolute atomic E-state index is 13.5. The largest absolute Gasteiger partial charge is 0.445 e. The molecule has 2 atom stereocenters. The summed E-state index contributed by atoms with van der Waals surface area (Å²) in [5, 5.41) is 5.68. The van der Waals surface area contributed by atoms with E-state index >= 15 is 0 Å². The highest BCUT2D eigenvalue weighted by Crippen LogP contribution is 2.31. The SMILES string of the molecule is Cc1cc(C(F)(F)F)ccc1C(=O)[C@H]1CNCCN1C(=O)[C@@H](NC(=O)OCc1ccccc1)C(C)C. The number of nitrogens with zero attached hydrogens (tertiary/aromatic N) is 1. The molecule has 0 aliphatic carbocycles. The zero-order valence-corrected chi connectivity index (χ0v) is 20.4. The van der Waals surface area contributed by atoms with Crippen LogP contribution in [-0.4, -0.2) is 54.4 Å². The Morgan fingerprint density at radius 3 is 2.44 bits per heavy atom. The summed E-state index contributed by atoms with van der Waals surface area (Å²) >= 11 is 0. The molecule has 2 aromatic rings. The third-order valence-electron chi connectivity index (χ3n) is 6.07. The van der Waals surface area contributed by atoms with E-state index in [0.717, 1.165) is 23.8 Å². The number of carbonyl (C=O) groups excluding carboxylic acids is 3. The summed E-state index contributed by atoms with van der Waals surface area (Å²) in [5.41, 5.74) is 0.241. The Bertz CT molecular complexity index is 1090. The molecule has 0 saturated carbocycles. The smallest absolute Gasteiger partial charge is 0.416 e. The van der Waals surface area contributed by atoms with Gasteiger partial charge in [0.15, 0.2) is 5.78 Å². The van der Waals surface area contributed by atoms with Crippen LogP contribution in [0.5, 0.6) is 0 Å². The fourth-order valence-electron chi connectivity index (χ4n) is 4.08. The average Bonchev–Trinajstić information content (AvgIpc) is 2.85. The first-order valence-corrected chi connectivity index (χ1v) is 11.7. The molecular formula is C26H30F3N3O4. The number of Topliss-reactive ketones (excluding diaryl/α,β-unsaturated/α-hetero) is 1. The van der Waals surface area contributed by atoms with Gasteiger partial charge >= 0.3 is 12.3 Å². The van der Waals surface area contributed by atoms with Crippen LogP contribution in [-0.2, 0) is 22.3 Å². The number of alkyl carbamates (subject to hydrolysis) is 1. The molecule has 10 heteroatoms. The molecule has 1 fully saturated rings. The van der Waals surface area contributed by atoms with Gasteiger partial charge in [-0.05, 0) is 36.1 Å².